The Morgan fingerprint density at radius 3 is 1.93 bits per heavy atom. The molecule has 6 N–H and O–H groups in total. The highest BCUT2D eigenvalue weighted by atomic mass is 32.2. The van der Waals surface area contributed by atoms with Gasteiger partial charge in [0.2, 0.25) is 0 Å². The first-order chi connectivity index (χ1) is 12.7. The summed E-state index contributed by atoms with van der Waals surface area (Å²) in [6.45, 7) is 0. The van der Waals surface area contributed by atoms with Crippen LogP contribution >= 0.6 is 0 Å². The van der Waals surface area contributed by atoms with Crippen molar-refractivity contribution in [2.24, 2.45) is 0 Å². The van der Waals surface area contributed by atoms with Crippen LogP contribution in [-0.4, -0.2) is 52.9 Å². The Labute approximate surface area is 158 Å². The van der Waals surface area contributed by atoms with E-state index in [2.05, 4.69) is 0 Å². The fourth-order valence-corrected chi connectivity index (χ4v) is 4.48. The smallest absolute Gasteiger partial charge is 0.339 e. The van der Waals surface area contributed by atoms with Gasteiger partial charge in [0.1, 0.15) is 33.5 Å². The molecule has 0 unspecified atom stereocenters. The van der Waals surface area contributed by atoms with E-state index < -0.39 is 82.0 Å². The van der Waals surface area contributed by atoms with Crippen molar-refractivity contribution in [2.75, 3.05) is 0 Å². The molecule has 0 fully saturated rings. The number of aromatic hydroxyl groups is 4. The molecule has 0 aliphatic rings. The van der Waals surface area contributed by atoms with E-state index in [1.807, 2.05) is 0 Å². The van der Waals surface area contributed by atoms with Crippen LogP contribution in [0.5, 0.6) is 23.0 Å². The van der Waals surface area contributed by atoms with Crippen LogP contribution in [-0.2, 0) is 31.5 Å². The van der Waals surface area contributed by atoms with Crippen LogP contribution in [0.15, 0.2) is 29.2 Å². The molecular weight excluding hydrogens is 420 g/mol. The highest BCUT2D eigenvalue weighted by Gasteiger charge is 2.24. The number of phenolic OH excluding ortho intramolecular Hbond substituents is 3. The molecule has 13 heteroatoms. The number of carbonyl (C=O) groups is 1. The maximum atomic E-state index is 12.4. The van der Waals surface area contributed by atoms with Crippen LogP contribution in [0.1, 0.15) is 21.5 Å². The number of carboxylic acid groups (broad SMARTS) is 1. The first-order valence-electron chi connectivity index (χ1n) is 7.22. The lowest BCUT2D eigenvalue weighted by Gasteiger charge is -2.11. The molecule has 0 aliphatic heterocycles. The quantitative estimate of drug-likeness (QED) is 0.273. The Balaban J connectivity index is 2.41. The van der Waals surface area contributed by atoms with E-state index in [-0.39, 0.29) is 0 Å². The lowest BCUT2D eigenvalue weighted by Crippen LogP contribution is -2.10. The molecule has 28 heavy (non-hydrogen) atoms. The lowest BCUT2D eigenvalue weighted by atomic mass is 10.1. The molecule has 0 aromatic heterocycles. The zero-order valence-corrected chi connectivity index (χ0v) is 15.4. The third-order valence-corrected chi connectivity index (χ3v) is 5.98. The molecule has 0 heterocycles. The van der Waals surface area contributed by atoms with Crippen LogP contribution < -0.4 is 0 Å². The fourth-order valence-electron chi connectivity index (χ4n) is 2.40. The summed E-state index contributed by atoms with van der Waals surface area (Å²) >= 11 is 0. The molecule has 152 valence electrons. The van der Waals surface area contributed by atoms with E-state index >= 15 is 0 Å². The van der Waals surface area contributed by atoms with Gasteiger partial charge < -0.3 is 25.5 Å². The third-order valence-electron chi connectivity index (χ3n) is 3.59. The minimum atomic E-state index is -4.86. The summed E-state index contributed by atoms with van der Waals surface area (Å²) in [6, 6.07) is 2.66. The Kier molecular flexibility index (Phi) is 5.45. The van der Waals surface area contributed by atoms with Crippen molar-refractivity contribution in [2.45, 2.75) is 16.4 Å². The zero-order valence-electron chi connectivity index (χ0n) is 13.8. The molecule has 2 rings (SSSR count). The van der Waals surface area contributed by atoms with E-state index in [1.54, 1.807) is 0 Å². The summed E-state index contributed by atoms with van der Waals surface area (Å²) in [5, 5.41) is 47.8. The van der Waals surface area contributed by atoms with Crippen molar-refractivity contribution in [3.05, 3.63) is 41.0 Å². The van der Waals surface area contributed by atoms with Gasteiger partial charge in [0.15, 0.2) is 9.84 Å². The zero-order chi connectivity index (χ0) is 21.4. The van der Waals surface area contributed by atoms with Gasteiger partial charge in [-0.25, -0.2) is 13.2 Å². The minimum Gasteiger partial charge on any atom is -0.508 e. The molecule has 0 aliphatic carbocycles. The molecular formula is C15H14O11S2. The van der Waals surface area contributed by atoms with Gasteiger partial charge in [-0.1, -0.05) is 0 Å². The summed E-state index contributed by atoms with van der Waals surface area (Å²) in [7, 11) is -9.07. The molecule has 11 nitrogen and oxygen atoms in total. The van der Waals surface area contributed by atoms with Crippen molar-refractivity contribution in [1.82, 2.24) is 0 Å². The van der Waals surface area contributed by atoms with Crippen molar-refractivity contribution < 1.29 is 51.7 Å². The molecule has 0 amide bonds. The summed E-state index contributed by atoms with van der Waals surface area (Å²) < 4.78 is 55.8. The highest BCUT2D eigenvalue weighted by molar-refractivity contribution is 7.89. The molecule has 0 radical (unpaired) electrons. The monoisotopic (exact) mass is 434 g/mol. The Morgan fingerprint density at radius 1 is 0.821 bits per heavy atom. The number of hydrogen-bond acceptors (Lipinski definition) is 9. The van der Waals surface area contributed by atoms with Crippen molar-refractivity contribution in [3.63, 3.8) is 0 Å². The molecule has 2 aromatic carbocycles. The average Bonchev–Trinajstić information content (AvgIpc) is 2.51. The number of hydrogen-bond donors (Lipinski definition) is 6. The minimum absolute atomic E-state index is 0.414. The Morgan fingerprint density at radius 2 is 1.39 bits per heavy atom. The molecule has 2 aromatic rings. The third kappa shape index (κ3) is 4.62. The van der Waals surface area contributed by atoms with Crippen LogP contribution in [0, 0.1) is 0 Å². The molecule has 0 atom stereocenters. The molecule has 0 saturated carbocycles. The van der Waals surface area contributed by atoms with Gasteiger partial charge in [0, 0.05) is 17.2 Å². The SMILES string of the molecule is O=C(O)c1cc(O)cc(CS(=O)(=O)Cc2cc(O)c(S(=O)(=O)O)cc2O)c1O. The van der Waals surface area contributed by atoms with Crippen LogP contribution in [0.25, 0.3) is 0 Å². The van der Waals surface area contributed by atoms with Gasteiger partial charge in [-0.2, -0.15) is 8.42 Å². The first-order valence-corrected chi connectivity index (χ1v) is 10.5. The number of phenols is 4. The van der Waals surface area contributed by atoms with Crippen LogP contribution in [0.2, 0.25) is 0 Å². The highest BCUT2D eigenvalue weighted by Crippen LogP contribution is 2.34. The van der Waals surface area contributed by atoms with E-state index in [4.69, 9.17) is 9.66 Å². The topological polar surface area (TPSA) is 207 Å². The predicted octanol–water partition coefficient (Wildman–Crippen LogP) is 0.569. The van der Waals surface area contributed by atoms with E-state index in [9.17, 15) is 42.1 Å². The number of rotatable bonds is 6. The number of sulfone groups is 1. The second kappa shape index (κ2) is 7.18. The largest absolute Gasteiger partial charge is 0.508 e. The number of carboxylic acids is 1. The normalized spacial score (nSPS) is 12.0. The maximum absolute atomic E-state index is 12.4. The average molecular weight is 434 g/mol. The summed E-state index contributed by atoms with van der Waals surface area (Å²) in [4.78, 5) is 10.0. The lowest BCUT2D eigenvalue weighted by molar-refractivity contribution is 0.0693. The van der Waals surface area contributed by atoms with Crippen LogP contribution in [0.4, 0.5) is 0 Å². The van der Waals surface area contributed by atoms with Crippen molar-refractivity contribution >= 4 is 25.9 Å². The van der Waals surface area contributed by atoms with Gasteiger partial charge >= 0.3 is 5.97 Å². The predicted molar refractivity (Wildman–Crippen MR) is 92.6 cm³/mol. The maximum Gasteiger partial charge on any atom is 0.339 e. The first kappa shape index (κ1) is 21.3. The number of aromatic carboxylic acids is 1. The number of benzene rings is 2. The second-order valence-electron chi connectivity index (χ2n) is 5.76. The van der Waals surface area contributed by atoms with Gasteiger partial charge in [0.25, 0.3) is 10.1 Å². The van der Waals surface area contributed by atoms with Gasteiger partial charge in [0.05, 0.1) is 11.5 Å². The Hall–Kier alpha value is -3.03. The van der Waals surface area contributed by atoms with E-state index in [0.717, 1.165) is 12.1 Å². The van der Waals surface area contributed by atoms with Crippen molar-refractivity contribution in [3.8, 4) is 23.0 Å². The van der Waals surface area contributed by atoms with E-state index in [1.165, 1.54) is 0 Å². The molecule has 0 saturated heterocycles. The van der Waals surface area contributed by atoms with E-state index in [0.29, 0.717) is 12.1 Å². The van der Waals surface area contributed by atoms with Gasteiger partial charge in [-0.3, -0.25) is 4.55 Å². The molecule has 0 spiro atoms. The standard InChI is InChI=1S/C15H14O11S2/c16-9-1-8(14(19)10(3-9)15(20)21)6-27(22,23)5-7-2-12(18)13(4-11(7)17)28(24,25)26/h1-4,16-19H,5-6H2,(H,20,21)(H,24,25,26). The van der Waals surface area contributed by atoms with Crippen LogP contribution in [0.3, 0.4) is 0 Å². The fraction of sp³-hybridized carbons (Fsp3) is 0.133. The second-order valence-corrected chi connectivity index (χ2v) is 9.22. The van der Waals surface area contributed by atoms with Crippen molar-refractivity contribution in [1.29, 1.82) is 0 Å². The summed E-state index contributed by atoms with van der Waals surface area (Å²) in [6.07, 6.45) is 0. The summed E-state index contributed by atoms with van der Waals surface area (Å²) in [5.74, 6) is -6.79. The Bertz CT molecular complexity index is 1160. The molecule has 0 bridgehead atoms. The summed E-state index contributed by atoms with van der Waals surface area (Å²) in [5.41, 5.74) is -1.55. The van der Waals surface area contributed by atoms with Gasteiger partial charge in [-0.05, 0) is 18.2 Å². The van der Waals surface area contributed by atoms with Gasteiger partial charge in [-0.15, -0.1) is 0 Å².